The Kier molecular flexibility index (Phi) is 4.62. The number of hydrogen-bond donors (Lipinski definition) is 3. The number of hydrogen-bond acceptors (Lipinski definition) is 3. The van der Waals surface area contributed by atoms with Crippen molar-refractivity contribution in [2.75, 3.05) is 6.54 Å². The highest BCUT2D eigenvalue weighted by molar-refractivity contribution is 5.99. The second-order valence-corrected chi connectivity index (χ2v) is 6.87. The minimum absolute atomic E-state index is 0.147. The van der Waals surface area contributed by atoms with Crippen LogP contribution in [0, 0.1) is 0 Å². The van der Waals surface area contributed by atoms with E-state index in [1.807, 2.05) is 37.4 Å². The number of benzene rings is 1. The summed E-state index contributed by atoms with van der Waals surface area (Å²) in [6.45, 7) is 2.37. The van der Waals surface area contributed by atoms with Crippen LogP contribution in [0.25, 0.3) is 10.9 Å². The Balaban J connectivity index is 1.69. The van der Waals surface area contributed by atoms with Gasteiger partial charge in [-0.05, 0) is 49.6 Å². The molecule has 0 saturated heterocycles. The number of amides is 2. The summed E-state index contributed by atoms with van der Waals surface area (Å²) in [5.41, 5.74) is 3.61. The van der Waals surface area contributed by atoms with Gasteiger partial charge in [-0.25, -0.2) is 4.98 Å². The van der Waals surface area contributed by atoms with E-state index < -0.39 is 0 Å². The lowest BCUT2D eigenvalue weighted by Gasteiger charge is -2.10. The summed E-state index contributed by atoms with van der Waals surface area (Å²) < 4.78 is 0. The van der Waals surface area contributed by atoms with Crippen LogP contribution in [0.4, 0.5) is 0 Å². The van der Waals surface area contributed by atoms with Crippen molar-refractivity contribution in [1.29, 1.82) is 0 Å². The smallest absolute Gasteiger partial charge is 0.269 e. The molecule has 0 aliphatic heterocycles. The van der Waals surface area contributed by atoms with Gasteiger partial charge in [0.15, 0.2) is 0 Å². The first-order valence-corrected chi connectivity index (χ1v) is 9.29. The molecule has 1 aliphatic rings. The molecule has 1 aliphatic carbocycles. The third-order valence-corrected chi connectivity index (χ3v) is 4.68. The molecule has 0 atom stereocenters. The summed E-state index contributed by atoms with van der Waals surface area (Å²) in [7, 11) is 0. The Labute approximate surface area is 157 Å². The number of aromatic nitrogens is 2. The average Bonchev–Trinajstić information content (AvgIpc) is 3.34. The summed E-state index contributed by atoms with van der Waals surface area (Å²) in [6.07, 6.45) is 4.48. The van der Waals surface area contributed by atoms with Crippen LogP contribution in [0.2, 0.25) is 0 Å². The first-order valence-electron chi connectivity index (χ1n) is 9.29. The summed E-state index contributed by atoms with van der Waals surface area (Å²) in [5.74, 6) is -0.411. The van der Waals surface area contributed by atoms with E-state index in [-0.39, 0.29) is 23.6 Å². The zero-order chi connectivity index (χ0) is 18.8. The lowest BCUT2D eigenvalue weighted by atomic mass is 10.0. The summed E-state index contributed by atoms with van der Waals surface area (Å²) in [6, 6.07) is 11.7. The van der Waals surface area contributed by atoms with Crippen LogP contribution in [-0.4, -0.2) is 34.4 Å². The quantitative estimate of drug-likeness (QED) is 0.630. The van der Waals surface area contributed by atoms with Gasteiger partial charge in [0.05, 0.1) is 0 Å². The van der Waals surface area contributed by atoms with Gasteiger partial charge in [0.1, 0.15) is 5.69 Å². The van der Waals surface area contributed by atoms with Gasteiger partial charge >= 0.3 is 0 Å². The molecule has 0 bridgehead atoms. The highest BCUT2D eigenvalue weighted by atomic mass is 16.2. The number of carbonyl (C=O) groups excluding carboxylic acids is 2. The Morgan fingerprint density at radius 1 is 1.19 bits per heavy atom. The van der Waals surface area contributed by atoms with Gasteiger partial charge in [-0.15, -0.1) is 0 Å². The molecule has 3 N–H and O–H groups in total. The maximum absolute atomic E-state index is 12.5. The molecule has 27 heavy (non-hydrogen) atoms. The van der Waals surface area contributed by atoms with Crippen molar-refractivity contribution in [2.24, 2.45) is 0 Å². The van der Waals surface area contributed by atoms with Gasteiger partial charge in [0, 0.05) is 47.4 Å². The molecular weight excluding hydrogens is 340 g/mol. The Morgan fingerprint density at radius 2 is 2.04 bits per heavy atom. The molecule has 1 fully saturated rings. The molecule has 6 nitrogen and oxygen atoms in total. The van der Waals surface area contributed by atoms with E-state index in [1.54, 1.807) is 12.1 Å². The Hall–Kier alpha value is -3.15. The van der Waals surface area contributed by atoms with Crippen molar-refractivity contribution in [3.8, 4) is 0 Å². The Bertz CT molecular complexity index is 1000. The van der Waals surface area contributed by atoms with E-state index in [0.717, 1.165) is 29.3 Å². The van der Waals surface area contributed by atoms with Crippen molar-refractivity contribution >= 4 is 22.7 Å². The Morgan fingerprint density at radius 3 is 2.81 bits per heavy atom. The molecule has 0 unspecified atom stereocenters. The molecule has 0 radical (unpaired) electrons. The second-order valence-electron chi connectivity index (χ2n) is 6.87. The van der Waals surface area contributed by atoms with E-state index in [4.69, 9.17) is 0 Å². The number of nitrogens with zero attached hydrogens (tertiary/aromatic N) is 1. The molecule has 2 amide bonds. The fourth-order valence-corrected chi connectivity index (χ4v) is 3.17. The highest BCUT2D eigenvalue weighted by Crippen LogP contribution is 2.22. The van der Waals surface area contributed by atoms with Crippen LogP contribution in [0.5, 0.6) is 0 Å². The van der Waals surface area contributed by atoms with Gasteiger partial charge < -0.3 is 15.6 Å². The summed E-state index contributed by atoms with van der Waals surface area (Å²) >= 11 is 0. The van der Waals surface area contributed by atoms with E-state index >= 15 is 0 Å². The molecule has 2 heterocycles. The van der Waals surface area contributed by atoms with E-state index in [0.29, 0.717) is 24.2 Å². The molecule has 6 heteroatoms. The SMILES string of the molecule is CCNC(=O)c1cc(C(=O)NC2CC2)cc(Cc2cccc3[nH]ccc23)n1. The van der Waals surface area contributed by atoms with Gasteiger partial charge in [0.25, 0.3) is 11.8 Å². The number of fused-ring (bicyclic) bond motifs is 1. The first-order chi connectivity index (χ1) is 13.1. The summed E-state index contributed by atoms with van der Waals surface area (Å²) in [4.78, 5) is 32.6. The molecule has 0 spiro atoms. The third-order valence-electron chi connectivity index (χ3n) is 4.68. The number of rotatable bonds is 6. The van der Waals surface area contributed by atoms with Crippen LogP contribution in [0.1, 0.15) is 51.9 Å². The lowest BCUT2D eigenvalue weighted by molar-refractivity contribution is 0.0950. The standard InChI is InChI=1S/C21H22N4O2/c1-2-22-21(27)19-12-14(20(26)25-15-6-7-15)11-16(24-19)10-13-4-3-5-18-17(13)8-9-23-18/h3-5,8-9,11-12,15,23H,2,6-7,10H2,1H3,(H,22,27)(H,25,26). The number of aromatic amines is 1. The van der Waals surface area contributed by atoms with Crippen LogP contribution < -0.4 is 10.6 Å². The lowest BCUT2D eigenvalue weighted by Crippen LogP contribution is -2.28. The van der Waals surface area contributed by atoms with E-state index in [1.165, 1.54) is 0 Å². The van der Waals surface area contributed by atoms with Crippen molar-refractivity contribution < 1.29 is 9.59 Å². The minimum atomic E-state index is -0.264. The predicted octanol–water partition coefficient (Wildman–Crippen LogP) is 2.80. The van der Waals surface area contributed by atoms with E-state index in [2.05, 4.69) is 20.6 Å². The monoisotopic (exact) mass is 362 g/mol. The van der Waals surface area contributed by atoms with E-state index in [9.17, 15) is 9.59 Å². The minimum Gasteiger partial charge on any atom is -0.361 e. The number of H-pyrrole nitrogens is 1. The average molecular weight is 362 g/mol. The molecule has 1 saturated carbocycles. The van der Waals surface area contributed by atoms with Gasteiger partial charge in [-0.3, -0.25) is 9.59 Å². The predicted molar refractivity (Wildman–Crippen MR) is 104 cm³/mol. The maximum Gasteiger partial charge on any atom is 0.269 e. The van der Waals surface area contributed by atoms with Crippen LogP contribution in [-0.2, 0) is 6.42 Å². The maximum atomic E-state index is 12.5. The molecular formula is C21H22N4O2. The highest BCUT2D eigenvalue weighted by Gasteiger charge is 2.24. The largest absolute Gasteiger partial charge is 0.361 e. The van der Waals surface area contributed by atoms with Crippen molar-refractivity contribution in [3.05, 3.63) is 65.1 Å². The molecule has 2 aromatic heterocycles. The van der Waals surface area contributed by atoms with Gasteiger partial charge in [-0.1, -0.05) is 12.1 Å². The number of carbonyl (C=O) groups is 2. The molecule has 138 valence electrons. The number of nitrogens with one attached hydrogen (secondary N) is 3. The van der Waals surface area contributed by atoms with Crippen molar-refractivity contribution in [3.63, 3.8) is 0 Å². The van der Waals surface area contributed by atoms with Gasteiger partial charge in [0.2, 0.25) is 0 Å². The molecule has 1 aromatic carbocycles. The normalized spacial score (nSPS) is 13.5. The zero-order valence-corrected chi connectivity index (χ0v) is 15.2. The third kappa shape index (κ3) is 3.84. The van der Waals surface area contributed by atoms with Crippen LogP contribution in [0.15, 0.2) is 42.6 Å². The zero-order valence-electron chi connectivity index (χ0n) is 15.2. The molecule has 4 rings (SSSR count). The van der Waals surface area contributed by atoms with Crippen LogP contribution >= 0.6 is 0 Å². The van der Waals surface area contributed by atoms with Crippen LogP contribution in [0.3, 0.4) is 0 Å². The number of pyridine rings is 1. The summed E-state index contributed by atoms with van der Waals surface area (Å²) in [5, 5.41) is 6.86. The molecule has 3 aromatic rings. The topological polar surface area (TPSA) is 86.9 Å². The fraction of sp³-hybridized carbons (Fsp3) is 0.286. The first kappa shape index (κ1) is 17.3. The van der Waals surface area contributed by atoms with Gasteiger partial charge in [-0.2, -0.15) is 0 Å². The second kappa shape index (κ2) is 7.23. The fourth-order valence-electron chi connectivity index (χ4n) is 3.17. The van der Waals surface area contributed by atoms with Crippen molar-refractivity contribution in [2.45, 2.75) is 32.2 Å². The van der Waals surface area contributed by atoms with Crippen molar-refractivity contribution in [1.82, 2.24) is 20.6 Å².